The number of halogens is 12. The molecule has 1 aromatic rings. The highest BCUT2D eigenvalue weighted by atomic mass is 32.2. The maximum Gasteiger partial charge on any atom is 0.434 e. The predicted molar refractivity (Wildman–Crippen MR) is 67.6 cm³/mol. The van der Waals surface area contributed by atoms with Crippen LogP contribution in [-0.2, 0) is 10.1 Å². The molecule has 4 nitrogen and oxygen atoms in total. The van der Waals surface area contributed by atoms with Crippen molar-refractivity contribution >= 4 is 10.1 Å². The average molecular weight is 474 g/mol. The maximum absolute atomic E-state index is 12.8. The molecule has 0 aromatic heterocycles. The van der Waals surface area contributed by atoms with Gasteiger partial charge in [-0.1, -0.05) is 0 Å². The molecule has 29 heavy (non-hydrogen) atoms. The van der Waals surface area contributed by atoms with E-state index in [-0.39, 0.29) is 12.1 Å². The molecule has 1 rings (SSSR count). The Balaban J connectivity index is 3.72. The van der Waals surface area contributed by atoms with Crippen molar-refractivity contribution in [3.05, 3.63) is 23.8 Å². The van der Waals surface area contributed by atoms with Gasteiger partial charge in [-0.3, -0.25) is 4.55 Å². The lowest BCUT2D eigenvalue weighted by atomic mass is 9.97. The summed E-state index contributed by atoms with van der Waals surface area (Å²) in [5.74, 6) is -6.49. The smallest absolute Gasteiger partial charge is 0.434 e. The molecule has 0 saturated heterocycles. The molecule has 1 N–H and O–H groups in total. The second-order valence-electron chi connectivity index (χ2n) is 5.27. The van der Waals surface area contributed by atoms with Crippen molar-refractivity contribution in [3.63, 3.8) is 0 Å². The van der Waals surface area contributed by atoms with E-state index in [0.717, 1.165) is 0 Å². The van der Waals surface area contributed by atoms with Gasteiger partial charge in [-0.05, 0) is 23.8 Å². The Kier molecular flexibility index (Phi) is 6.42. The van der Waals surface area contributed by atoms with Crippen molar-refractivity contribution in [2.45, 2.75) is 41.6 Å². The highest BCUT2D eigenvalue weighted by molar-refractivity contribution is 7.85. The van der Waals surface area contributed by atoms with E-state index >= 15 is 0 Å². The molecule has 0 unspecified atom stereocenters. The predicted octanol–water partition coefficient (Wildman–Crippen LogP) is 5.01. The lowest BCUT2D eigenvalue weighted by Gasteiger charge is -2.27. The first-order valence-electron chi connectivity index (χ1n) is 6.61. The van der Waals surface area contributed by atoms with Gasteiger partial charge in [0.1, 0.15) is 5.75 Å². The molecule has 0 spiro atoms. The largest absolute Gasteiger partial charge is 0.471 e. The van der Waals surface area contributed by atoms with E-state index in [1.165, 1.54) is 0 Å². The third-order valence-corrected chi connectivity index (χ3v) is 4.00. The molecule has 1 aromatic carbocycles. The quantitative estimate of drug-likeness (QED) is 0.492. The molecular weight excluding hydrogens is 468 g/mol. The zero-order valence-electron chi connectivity index (χ0n) is 13.0. The van der Waals surface area contributed by atoms with Gasteiger partial charge in [-0.25, -0.2) is 0 Å². The van der Waals surface area contributed by atoms with Gasteiger partial charge in [-0.2, -0.15) is 61.1 Å². The minimum atomic E-state index is -6.29. The van der Waals surface area contributed by atoms with Crippen LogP contribution >= 0.6 is 0 Å². The molecule has 17 heteroatoms. The maximum atomic E-state index is 12.8. The SMILES string of the molecule is O=S(=O)(O)c1ccc(OC(C(F)(F)F)C(F)(F)F)cc1C(C(F)(F)F)C(F)(F)F. The summed E-state index contributed by atoms with van der Waals surface area (Å²) in [6, 6.07) is -0.964. The van der Waals surface area contributed by atoms with Crippen LogP contribution in [0.5, 0.6) is 5.75 Å². The van der Waals surface area contributed by atoms with Gasteiger partial charge in [0.15, 0.2) is 5.92 Å². The summed E-state index contributed by atoms with van der Waals surface area (Å²) in [5, 5.41) is 0. The normalized spacial score (nSPS) is 14.6. The monoisotopic (exact) mass is 474 g/mol. The highest BCUT2D eigenvalue weighted by Gasteiger charge is 2.60. The molecule has 0 heterocycles. The fourth-order valence-electron chi connectivity index (χ4n) is 2.05. The minimum Gasteiger partial charge on any atom is -0.471 e. The van der Waals surface area contributed by atoms with Crippen molar-refractivity contribution in [1.82, 2.24) is 0 Å². The first kappa shape index (κ1) is 25.1. The summed E-state index contributed by atoms with van der Waals surface area (Å²) < 4.78 is 186. The fraction of sp³-hybridized carbons (Fsp3) is 0.500. The van der Waals surface area contributed by atoms with E-state index < -0.39 is 69.1 Å². The van der Waals surface area contributed by atoms with Gasteiger partial charge < -0.3 is 4.74 Å². The molecule has 0 saturated carbocycles. The number of hydrogen-bond acceptors (Lipinski definition) is 3. The van der Waals surface area contributed by atoms with E-state index in [0.29, 0.717) is 0 Å². The van der Waals surface area contributed by atoms with Crippen molar-refractivity contribution in [1.29, 1.82) is 0 Å². The molecular formula is C12H6F12O4S. The van der Waals surface area contributed by atoms with Crippen LogP contribution in [-0.4, -0.2) is 43.8 Å². The Morgan fingerprint density at radius 1 is 0.759 bits per heavy atom. The van der Waals surface area contributed by atoms with E-state index in [4.69, 9.17) is 4.55 Å². The lowest BCUT2D eigenvalue weighted by Crippen LogP contribution is -2.46. The summed E-state index contributed by atoms with van der Waals surface area (Å²) in [5.41, 5.74) is -2.38. The second-order valence-corrected chi connectivity index (χ2v) is 6.66. The third-order valence-electron chi connectivity index (χ3n) is 3.07. The van der Waals surface area contributed by atoms with Gasteiger partial charge >= 0.3 is 24.7 Å². The fourth-order valence-corrected chi connectivity index (χ4v) is 2.77. The molecule has 0 fully saturated rings. The Morgan fingerprint density at radius 3 is 1.48 bits per heavy atom. The molecule has 0 aliphatic rings. The number of ether oxygens (including phenoxy) is 1. The zero-order chi connectivity index (χ0) is 23.2. The van der Waals surface area contributed by atoms with Crippen molar-refractivity contribution < 1.29 is 70.4 Å². The summed E-state index contributed by atoms with van der Waals surface area (Å²) in [6.45, 7) is 0. The van der Waals surface area contributed by atoms with Gasteiger partial charge in [0.05, 0.1) is 4.90 Å². The first-order valence-corrected chi connectivity index (χ1v) is 8.05. The van der Waals surface area contributed by atoms with Gasteiger partial charge in [0.25, 0.3) is 16.2 Å². The molecule has 0 atom stereocenters. The number of alkyl halides is 12. The molecule has 0 aliphatic carbocycles. The van der Waals surface area contributed by atoms with Gasteiger partial charge in [0, 0.05) is 0 Å². The summed E-state index contributed by atoms with van der Waals surface area (Å²) in [4.78, 5) is -2.04. The van der Waals surface area contributed by atoms with Crippen LogP contribution < -0.4 is 4.74 Å². The van der Waals surface area contributed by atoms with Gasteiger partial charge in [-0.15, -0.1) is 0 Å². The zero-order valence-corrected chi connectivity index (χ0v) is 13.8. The van der Waals surface area contributed by atoms with E-state index in [2.05, 4.69) is 4.74 Å². The molecule has 0 radical (unpaired) electrons. The topological polar surface area (TPSA) is 63.6 Å². The van der Waals surface area contributed by atoms with Crippen LogP contribution in [0.1, 0.15) is 11.5 Å². The second kappa shape index (κ2) is 7.41. The van der Waals surface area contributed by atoms with Crippen LogP contribution in [0.2, 0.25) is 0 Å². The van der Waals surface area contributed by atoms with Gasteiger partial charge in [0.2, 0.25) is 0 Å². The number of rotatable bonds is 4. The minimum absolute atomic E-state index is 0.0824. The molecule has 168 valence electrons. The van der Waals surface area contributed by atoms with Crippen LogP contribution in [0, 0.1) is 0 Å². The lowest BCUT2D eigenvalue weighted by molar-refractivity contribution is -0.300. The Morgan fingerprint density at radius 2 is 1.17 bits per heavy atom. The van der Waals surface area contributed by atoms with Crippen LogP contribution in [0.15, 0.2) is 23.1 Å². The Bertz CT molecular complexity index is 806. The molecule has 0 bridgehead atoms. The first-order chi connectivity index (χ1) is 12.6. The molecule has 0 amide bonds. The standard InChI is InChI=1S/C12H6F12O4S/c13-9(14,15)7(10(16,17)18)5-3-4(1-2-6(5)29(25,26)27)28-8(11(19,20)21)12(22,23)24/h1-3,7-8H,(H,25,26,27). The average Bonchev–Trinajstić information content (AvgIpc) is 2.37. The Hall–Kier alpha value is -1.91. The third kappa shape index (κ3) is 6.28. The number of hydrogen-bond donors (Lipinski definition) is 1. The highest BCUT2D eigenvalue weighted by Crippen LogP contribution is 2.49. The van der Waals surface area contributed by atoms with Crippen molar-refractivity contribution in [2.75, 3.05) is 0 Å². The van der Waals surface area contributed by atoms with E-state index in [1.807, 2.05) is 0 Å². The summed E-state index contributed by atoms with van der Waals surface area (Å²) in [7, 11) is -5.80. The number of benzene rings is 1. The van der Waals surface area contributed by atoms with E-state index in [9.17, 15) is 61.1 Å². The van der Waals surface area contributed by atoms with Crippen molar-refractivity contribution in [2.24, 2.45) is 0 Å². The summed E-state index contributed by atoms with van der Waals surface area (Å²) in [6.07, 6.45) is -29.6. The van der Waals surface area contributed by atoms with Crippen molar-refractivity contribution in [3.8, 4) is 5.75 Å². The van der Waals surface area contributed by atoms with E-state index in [1.54, 1.807) is 0 Å². The molecule has 0 aliphatic heterocycles. The summed E-state index contributed by atoms with van der Waals surface area (Å²) >= 11 is 0. The van der Waals surface area contributed by atoms with Crippen LogP contribution in [0.3, 0.4) is 0 Å². The van der Waals surface area contributed by atoms with Crippen LogP contribution in [0.25, 0.3) is 0 Å². The Labute approximate surface area is 152 Å². The van der Waals surface area contributed by atoms with Crippen LogP contribution in [0.4, 0.5) is 52.7 Å².